The van der Waals surface area contributed by atoms with E-state index in [4.69, 9.17) is 9.51 Å². The number of imidazole rings is 1. The normalized spacial score (nSPS) is 13.4. The number of rotatable bonds is 5. The lowest BCUT2D eigenvalue weighted by atomic mass is 10.1. The zero-order chi connectivity index (χ0) is 16.7. The molecule has 1 unspecified atom stereocenters. The Morgan fingerprint density at radius 1 is 1.14 bits per heavy atom. The SMILES string of the molecule is CC(C)c1ccc2c(n1)nc(C(C)C)n2C(C)(C)O[P+](C)=O. The summed E-state index contributed by atoms with van der Waals surface area (Å²) in [5.74, 6) is 1.46. The molecular formula is C16H25N3O2P+. The molecule has 2 heterocycles. The molecule has 0 N–H and O–H groups in total. The molecule has 2 aromatic rings. The van der Waals surface area contributed by atoms with E-state index in [1.165, 1.54) is 0 Å². The Labute approximate surface area is 133 Å². The molecule has 0 saturated heterocycles. The quantitative estimate of drug-likeness (QED) is 0.745. The van der Waals surface area contributed by atoms with Gasteiger partial charge in [0.2, 0.25) is 0 Å². The Morgan fingerprint density at radius 2 is 1.77 bits per heavy atom. The lowest BCUT2D eigenvalue weighted by molar-refractivity contribution is 0.0418. The second-order valence-corrected chi connectivity index (χ2v) is 7.73. The topological polar surface area (TPSA) is 57.0 Å². The Hall–Kier alpha value is -1.32. The van der Waals surface area contributed by atoms with Crippen LogP contribution in [0.3, 0.4) is 0 Å². The summed E-state index contributed by atoms with van der Waals surface area (Å²) < 4.78 is 19.3. The van der Waals surface area contributed by atoms with Gasteiger partial charge in [-0.3, -0.25) is 4.57 Å². The average Bonchev–Trinajstić information content (AvgIpc) is 2.76. The van der Waals surface area contributed by atoms with E-state index in [-0.39, 0.29) is 5.92 Å². The first-order chi connectivity index (χ1) is 10.1. The van der Waals surface area contributed by atoms with Crippen molar-refractivity contribution in [2.45, 2.75) is 59.1 Å². The fourth-order valence-corrected chi connectivity index (χ4v) is 3.34. The second kappa shape index (κ2) is 6.05. The highest BCUT2D eigenvalue weighted by atomic mass is 31.1. The van der Waals surface area contributed by atoms with Gasteiger partial charge in [0.15, 0.2) is 18.0 Å². The van der Waals surface area contributed by atoms with Gasteiger partial charge in [-0.05, 0) is 36.5 Å². The van der Waals surface area contributed by atoms with Crippen molar-refractivity contribution in [3.63, 3.8) is 0 Å². The summed E-state index contributed by atoms with van der Waals surface area (Å²) in [6, 6.07) is 4.06. The van der Waals surface area contributed by atoms with E-state index in [0.717, 1.165) is 22.7 Å². The number of hydrogen-bond acceptors (Lipinski definition) is 4. The molecule has 0 spiro atoms. The zero-order valence-electron chi connectivity index (χ0n) is 14.4. The van der Waals surface area contributed by atoms with Gasteiger partial charge in [0, 0.05) is 11.6 Å². The van der Waals surface area contributed by atoms with E-state index in [9.17, 15) is 4.57 Å². The van der Waals surface area contributed by atoms with Crippen LogP contribution in [-0.2, 0) is 14.8 Å². The highest BCUT2D eigenvalue weighted by Gasteiger charge is 2.35. The largest absolute Gasteiger partial charge is 0.507 e. The molecule has 2 aromatic heterocycles. The average molecular weight is 322 g/mol. The van der Waals surface area contributed by atoms with Crippen LogP contribution >= 0.6 is 8.03 Å². The molecule has 0 aliphatic heterocycles. The molecule has 6 heteroatoms. The molecular weight excluding hydrogens is 297 g/mol. The summed E-state index contributed by atoms with van der Waals surface area (Å²) in [5.41, 5.74) is 1.91. The van der Waals surface area contributed by atoms with E-state index in [1.54, 1.807) is 6.66 Å². The third-order valence-corrected chi connectivity index (χ3v) is 4.27. The van der Waals surface area contributed by atoms with Crippen LogP contribution in [0.1, 0.15) is 64.9 Å². The molecule has 0 amide bonds. The number of pyridine rings is 1. The maximum absolute atomic E-state index is 11.6. The first-order valence-corrected chi connectivity index (χ1v) is 9.25. The summed E-state index contributed by atoms with van der Waals surface area (Å²) in [6.45, 7) is 13.8. The molecule has 0 aliphatic carbocycles. The molecule has 0 saturated carbocycles. The van der Waals surface area contributed by atoms with Crippen molar-refractivity contribution in [1.29, 1.82) is 0 Å². The number of hydrogen-bond donors (Lipinski definition) is 0. The van der Waals surface area contributed by atoms with Crippen molar-refractivity contribution in [2.75, 3.05) is 6.66 Å². The summed E-state index contributed by atoms with van der Waals surface area (Å²) >= 11 is 0. The third kappa shape index (κ3) is 3.21. The highest BCUT2D eigenvalue weighted by Crippen LogP contribution is 2.35. The minimum absolute atomic E-state index is 0.217. The fourth-order valence-electron chi connectivity index (χ4n) is 2.62. The summed E-state index contributed by atoms with van der Waals surface area (Å²) in [4.78, 5) is 9.38. The molecule has 0 aromatic carbocycles. The molecule has 0 bridgehead atoms. The van der Waals surface area contributed by atoms with Crippen molar-refractivity contribution in [1.82, 2.24) is 14.5 Å². The van der Waals surface area contributed by atoms with E-state index in [1.807, 2.05) is 30.5 Å². The van der Waals surface area contributed by atoms with E-state index < -0.39 is 13.8 Å². The van der Waals surface area contributed by atoms with Crippen LogP contribution in [0, 0.1) is 0 Å². The van der Waals surface area contributed by atoms with Gasteiger partial charge in [-0.25, -0.2) is 9.97 Å². The number of aromatic nitrogens is 3. The van der Waals surface area contributed by atoms with Gasteiger partial charge in [0.1, 0.15) is 5.82 Å². The minimum Gasteiger partial charge on any atom is -0.293 e. The van der Waals surface area contributed by atoms with Crippen LogP contribution in [0.2, 0.25) is 0 Å². The first kappa shape index (κ1) is 17.0. The van der Waals surface area contributed by atoms with E-state index in [0.29, 0.717) is 5.92 Å². The van der Waals surface area contributed by atoms with Gasteiger partial charge in [-0.2, -0.15) is 0 Å². The van der Waals surface area contributed by atoms with Gasteiger partial charge in [0.25, 0.3) is 0 Å². The molecule has 0 radical (unpaired) electrons. The van der Waals surface area contributed by atoms with E-state index >= 15 is 0 Å². The lowest BCUT2D eigenvalue weighted by Gasteiger charge is -2.24. The van der Waals surface area contributed by atoms with Crippen molar-refractivity contribution in [3.05, 3.63) is 23.7 Å². The third-order valence-electron chi connectivity index (χ3n) is 3.56. The Bertz CT molecular complexity index is 705. The number of fused-ring (bicyclic) bond motifs is 1. The highest BCUT2D eigenvalue weighted by molar-refractivity contribution is 7.38. The Balaban J connectivity index is 2.70. The van der Waals surface area contributed by atoms with Crippen molar-refractivity contribution >= 4 is 19.2 Å². The molecule has 22 heavy (non-hydrogen) atoms. The van der Waals surface area contributed by atoms with Crippen molar-refractivity contribution in [2.24, 2.45) is 0 Å². The molecule has 1 atom stereocenters. The van der Waals surface area contributed by atoms with Gasteiger partial charge in [0.05, 0.1) is 5.52 Å². The van der Waals surface area contributed by atoms with Crippen LogP contribution < -0.4 is 0 Å². The zero-order valence-corrected chi connectivity index (χ0v) is 15.3. The van der Waals surface area contributed by atoms with Crippen LogP contribution in [-0.4, -0.2) is 21.2 Å². The molecule has 120 valence electrons. The second-order valence-electron chi connectivity index (χ2n) is 6.67. The van der Waals surface area contributed by atoms with Gasteiger partial charge in [-0.15, -0.1) is 4.52 Å². The van der Waals surface area contributed by atoms with Crippen LogP contribution in [0.15, 0.2) is 12.1 Å². The Morgan fingerprint density at radius 3 is 2.27 bits per heavy atom. The van der Waals surface area contributed by atoms with Gasteiger partial charge in [-0.1, -0.05) is 27.7 Å². The monoisotopic (exact) mass is 322 g/mol. The summed E-state index contributed by atoms with van der Waals surface area (Å²) in [7, 11) is -1.72. The fraction of sp³-hybridized carbons (Fsp3) is 0.625. The summed E-state index contributed by atoms with van der Waals surface area (Å²) in [5, 5.41) is 0. The van der Waals surface area contributed by atoms with Gasteiger partial charge < -0.3 is 0 Å². The predicted molar refractivity (Wildman–Crippen MR) is 89.6 cm³/mol. The lowest BCUT2D eigenvalue weighted by Crippen LogP contribution is -2.29. The Kier molecular flexibility index (Phi) is 4.69. The smallest absolute Gasteiger partial charge is 0.293 e. The standard InChI is InChI=1S/C16H25N3O2P/c1-10(2)12-8-9-13-14(17-12)18-15(11(3)4)19(13)16(5,6)21-22(7)20/h8-11H,1-7H3/q+1. The predicted octanol–water partition coefficient (Wildman–Crippen LogP) is 4.76. The maximum atomic E-state index is 11.6. The van der Waals surface area contributed by atoms with Gasteiger partial charge >= 0.3 is 8.03 Å². The molecule has 5 nitrogen and oxygen atoms in total. The number of nitrogens with zero attached hydrogens (tertiary/aromatic N) is 3. The van der Waals surface area contributed by atoms with Crippen molar-refractivity contribution < 1.29 is 9.09 Å². The van der Waals surface area contributed by atoms with Crippen LogP contribution in [0.5, 0.6) is 0 Å². The maximum Gasteiger partial charge on any atom is 0.507 e. The molecule has 0 aliphatic rings. The van der Waals surface area contributed by atoms with Crippen LogP contribution in [0.4, 0.5) is 0 Å². The first-order valence-electron chi connectivity index (χ1n) is 7.63. The molecule has 2 rings (SSSR count). The van der Waals surface area contributed by atoms with Crippen molar-refractivity contribution in [3.8, 4) is 0 Å². The molecule has 0 fully saturated rings. The minimum atomic E-state index is -1.72. The summed E-state index contributed by atoms with van der Waals surface area (Å²) in [6.07, 6.45) is 0. The van der Waals surface area contributed by atoms with Crippen LogP contribution in [0.25, 0.3) is 11.2 Å². The van der Waals surface area contributed by atoms with E-state index in [2.05, 4.69) is 32.7 Å².